The summed E-state index contributed by atoms with van der Waals surface area (Å²) in [6.45, 7) is 0. The van der Waals surface area contributed by atoms with Crippen molar-refractivity contribution in [1.29, 1.82) is 5.26 Å². The van der Waals surface area contributed by atoms with E-state index >= 15 is 0 Å². The summed E-state index contributed by atoms with van der Waals surface area (Å²) < 4.78 is 6.98. The minimum absolute atomic E-state index is 0.518. The fraction of sp³-hybridized carbons (Fsp3) is 0.0179. The van der Waals surface area contributed by atoms with Crippen LogP contribution in [0, 0.1) is 11.3 Å². The van der Waals surface area contributed by atoms with Gasteiger partial charge < -0.3 is 14.2 Å². The molecule has 2 aliphatic rings. The molecule has 0 saturated carbocycles. The molecule has 12 rings (SSSR count). The van der Waals surface area contributed by atoms with Gasteiger partial charge in [-0.1, -0.05) is 145 Å². The Morgan fingerprint density at radius 1 is 0.443 bits per heavy atom. The summed E-state index contributed by atoms with van der Waals surface area (Å²) in [5.74, 6) is 0. The first-order valence-corrected chi connectivity index (χ1v) is 21.3. The Morgan fingerprint density at radius 3 is 1.61 bits per heavy atom. The van der Waals surface area contributed by atoms with Gasteiger partial charge in [0.15, 0.2) is 5.58 Å². The third-order valence-electron chi connectivity index (χ3n) is 12.3. The van der Waals surface area contributed by atoms with Crippen LogP contribution < -0.4 is 9.80 Å². The molecular weight excluding hydrogens is 763 g/mol. The van der Waals surface area contributed by atoms with Crippen LogP contribution in [0.25, 0.3) is 33.1 Å². The largest absolute Gasteiger partial charge is 0.454 e. The van der Waals surface area contributed by atoms with E-state index in [0.717, 1.165) is 50.5 Å². The molecule has 0 amide bonds. The van der Waals surface area contributed by atoms with E-state index in [9.17, 15) is 5.26 Å². The molecule has 0 radical (unpaired) electrons. The predicted molar refractivity (Wildman–Crippen MR) is 249 cm³/mol. The van der Waals surface area contributed by atoms with Gasteiger partial charge in [-0.15, -0.1) is 0 Å². The SMILES string of the molecule is N#Cc1cc(N(c2ccccc2)c2ccc3c(c2)C2(c4ccccc4Sc4ccccc42)c2ccccc2-3)c2c(c1)oc1c(N(c3ccccc3)c3ccccc3)cccc12. The highest BCUT2D eigenvalue weighted by Crippen LogP contribution is 2.63. The molecule has 1 aliphatic carbocycles. The number of para-hydroxylation sites is 4. The molecule has 2 heterocycles. The summed E-state index contributed by atoms with van der Waals surface area (Å²) >= 11 is 1.85. The molecule has 1 aromatic heterocycles. The fourth-order valence-corrected chi connectivity index (χ4v) is 11.1. The second-order valence-corrected chi connectivity index (χ2v) is 16.6. The van der Waals surface area contributed by atoms with Gasteiger partial charge in [0.25, 0.3) is 0 Å². The van der Waals surface area contributed by atoms with Crippen LogP contribution in [0.4, 0.5) is 34.1 Å². The van der Waals surface area contributed by atoms with Crippen LogP contribution in [0.3, 0.4) is 0 Å². The molecule has 1 spiro atoms. The summed E-state index contributed by atoms with van der Waals surface area (Å²) in [6, 6.07) is 77.6. The first-order chi connectivity index (χ1) is 30.2. The number of nitrogens with zero attached hydrogens (tertiary/aromatic N) is 3. The van der Waals surface area contributed by atoms with E-state index in [1.165, 1.54) is 43.2 Å². The van der Waals surface area contributed by atoms with Crippen molar-refractivity contribution in [3.63, 3.8) is 0 Å². The quantitative estimate of drug-likeness (QED) is 0.168. The van der Waals surface area contributed by atoms with Gasteiger partial charge in [0.2, 0.25) is 0 Å². The monoisotopic (exact) mass is 797 g/mol. The number of furan rings is 1. The molecule has 0 saturated heterocycles. The van der Waals surface area contributed by atoms with Gasteiger partial charge in [-0.3, -0.25) is 0 Å². The fourth-order valence-electron chi connectivity index (χ4n) is 9.87. The third kappa shape index (κ3) is 5.26. The van der Waals surface area contributed by atoms with E-state index in [-0.39, 0.29) is 0 Å². The van der Waals surface area contributed by atoms with E-state index in [1.54, 1.807) is 0 Å². The Balaban J connectivity index is 1.14. The highest BCUT2D eigenvalue weighted by Gasteiger charge is 2.50. The minimum atomic E-state index is -0.540. The Labute approximate surface area is 358 Å². The van der Waals surface area contributed by atoms with E-state index in [2.05, 4.69) is 198 Å². The van der Waals surface area contributed by atoms with Crippen molar-refractivity contribution in [2.24, 2.45) is 0 Å². The van der Waals surface area contributed by atoms with Crippen molar-refractivity contribution < 1.29 is 4.42 Å². The minimum Gasteiger partial charge on any atom is -0.454 e. The maximum absolute atomic E-state index is 10.6. The van der Waals surface area contributed by atoms with E-state index < -0.39 is 5.41 Å². The van der Waals surface area contributed by atoms with Gasteiger partial charge in [-0.2, -0.15) is 5.26 Å². The number of benzene rings is 9. The molecule has 286 valence electrons. The van der Waals surface area contributed by atoms with Crippen LogP contribution in [0.5, 0.6) is 0 Å². The summed E-state index contributed by atoms with van der Waals surface area (Å²) in [5.41, 5.74) is 14.7. The maximum Gasteiger partial charge on any atom is 0.159 e. The number of nitriles is 1. The summed E-state index contributed by atoms with van der Waals surface area (Å²) in [5, 5.41) is 12.5. The van der Waals surface area contributed by atoms with Gasteiger partial charge in [0.1, 0.15) is 5.58 Å². The number of hydrogen-bond donors (Lipinski definition) is 0. The normalized spacial score (nSPS) is 13.0. The molecule has 1 aliphatic heterocycles. The zero-order valence-corrected chi connectivity index (χ0v) is 33.7. The van der Waals surface area contributed by atoms with Gasteiger partial charge >= 0.3 is 0 Å². The number of fused-ring (bicyclic) bond motifs is 12. The summed E-state index contributed by atoms with van der Waals surface area (Å²) in [6.07, 6.45) is 0. The van der Waals surface area contributed by atoms with E-state index in [0.29, 0.717) is 11.1 Å². The predicted octanol–water partition coefficient (Wildman–Crippen LogP) is 15.2. The van der Waals surface area contributed by atoms with E-state index in [1.807, 2.05) is 42.1 Å². The van der Waals surface area contributed by atoms with Crippen molar-refractivity contribution in [2.45, 2.75) is 15.2 Å². The molecule has 10 aromatic rings. The molecule has 0 unspecified atom stereocenters. The average Bonchev–Trinajstić information content (AvgIpc) is 3.85. The summed E-state index contributed by atoms with van der Waals surface area (Å²) in [4.78, 5) is 7.07. The van der Waals surface area contributed by atoms with Crippen LogP contribution in [0.1, 0.15) is 27.8 Å². The first-order valence-electron chi connectivity index (χ1n) is 20.5. The Morgan fingerprint density at radius 2 is 0.984 bits per heavy atom. The lowest BCUT2D eigenvalue weighted by Crippen LogP contribution is -2.32. The molecule has 0 bridgehead atoms. The van der Waals surface area contributed by atoms with Gasteiger partial charge in [0, 0.05) is 37.9 Å². The zero-order chi connectivity index (χ0) is 40.5. The lowest BCUT2D eigenvalue weighted by Gasteiger charge is -2.40. The second-order valence-electron chi connectivity index (χ2n) is 15.5. The van der Waals surface area contributed by atoms with Crippen LogP contribution in [-0.4, -0.2) is 0 Å². The molecule has 61 heavy (non-hydrogen) atoms. The Bertz CT molecular complexity index is 3290. The summed E-state index contributed by atoms with van der Waals surface area (Å²) in [7, 11) is 0. The van der Waals surface area contributed by atoms with Gasteiger partial charge in [0.05, 0.1) is 33.8 Å². The number of anilines is 6. The second kappa shape index (κ2) is 13.9. The standard InChI is InChI=1S/C56H35N3OS/c57-36-37-33-50(54-44-24-16-28-49(55(44)60-51(54)34-37)58(38-17-4-1-5-18-38)39-19-6-2-7-20-39)59(40-21-8-3-9-22-40)41-31-32-43-42-23-10-11-25-45(42)56(48(43)35-41)46-26-12-14-29-52(46)61-53-30-15-13-27-47(53)56/h1-35H. The van der Waals surface area contributed by atoms with Crippen LogP contribution in [0.15, 0.2) is 227 Å². The van der Waals surface area contributed by atoms with Crippen molar-refractivity contribution in [2.75, 3.05) is 9.80 Å². The van der Waals surface area contributed by atoms with Crippen molar-refractivity contribution in [1.82, 2.24) is 0 Å². The van der Waals surface area contributed by atoms with Crippen molar-refractivity contribution >= 4 is 67.8 Å². The topological polar surface area (TPSA) is 43.4 Å². The first kappa shape index (κ1) is 35.2. The van der Waals surface area contributed by atoms with E-state index in [4.69, 9.17) is 4.42 Å². The van der Waals surface area contributed by atoms with Gasteiger partial charge in [-0.05, 0) is 112 Å². The number of hydrogen-bond acceptors (Lipinski definition) is 5. The Kier molecular flexibility index (Phi) is 8.03. The van der Waals surface area contributed by atoms with Crippen LogP contribution in [0.2, 0.25) is 0 Å². The maximum atomic E-state index is 10.6. The van der Waals surface area contributed by atoms with Crippen LogP contribution >= 0.6 is 11.8 Å². The number of rotatable bonds is 6. The molecule has 0 N–H and O–H groups in total. The van der Waals surface area contributed by atoms with Crippen LogP contribution in [-0.2, 0) is 5.41 Å². The smallest absolute Gasteiger partial charge is 0.159 e. The molecular formula is C56H35N3OS. The Hall–Kier alpha value is -7.78. The average molecular weight is 798 g/mol. The lowest BCUT2D eigenvalue weighted by molar-refractivity contribution is 0.669. The van der Waals surface area contributed by atoms with Gasteiger partial charge in [-0.25, -0.2) is 0 Å². The molecule has 4 nitrogen and oxygen atoms in total. The molecule has 0 atom stereocenters. The molecule has 5 heteroatoms. The van der Waals surface area contributed by atoms with Crippen molar-refractivity contribution in [3.05, 3.63) is 240 Å². The highest BCUT2D eigenvalue weighted by molar-refractivity contribution is 7.99. The molecule has 9 aromatic carbocycles. The van der Waals surface area contributed by atoms with Crippen molar-refractivity contribution in [3.8, 4) is 17.2 Å². The zero-order valence-electron chi connectivity index (χ0n) is 32.9. The lowest BCUT2D eigenvalue weighted by atomic mass is 9.67. The third-order valence-corrected chi connectivity index (χ3v) is 13.5. The molecule has 0 fully saturated rings. The highest BCUT2D eigenvalue weighted by atomic mass is 32.2.